The number of hydrogen-bond acceptors (Lipinski definition) is 7. The number of phenolic OH excluding ortho intramolecular Hbond substituents is 1. The molecule has 1 fully saturated rings. The Morgan fingerprint density at radius 2 is 2.06 bits per heavy atom. The van der Waals surface area contributed by atoms with Gasteiger partial charge in [0.2, 0.25) is 5.78 Å². The second-order valence-electron chi connectivity index (χ2n) is 8.76. The maximum atomic E-state index is 13.2. The molecule has 0 aliphatic carbocycles. The molecule has 1 saturated heterocycles. The number of rotatable bonds is 6. The molecule has 2 aromatic carbocycles. The van der Waals surface area contributed by atoms with Crippen LogP contribution >= 0.6 is 0 Å². The third-order valence-electron chi connectivity index (χ3n) is 6.69. The van der Waals surface area contributed by atoms with Crippen molar-refractivity contribution in [2.75, 3.05) is 20.8 Å². The molecule has 3 aromatic rings. The van der Waals surface area contributed by atoms with Crippen molar-refractivity contribution in [3.63, 3.8) is 0 Å². The highest BCUT2D eigenvalue weighted by atomic mass is 16.5. The lowest BCUT2D eigenvalue weighted by Gasteiger charge is -2.36. The van der Waals surface area contributed by atoms with Crippen LogP contribution in [0.1, 0.15) is 52.4 Å². The molecule has 1 atom stereocenters. The topological polar surface area (TPSA) is 81.1 Å². The molecule has 0 bridgehead atoms. The lowest BCUT2D eigenvalue weighted by molar-refractivity contribution is 0.101. The predicted octanol–water partition coefficient (Wildman–Crippen LogP) is 5.15. The van der Waals surface area contributed by atoms with Crippen LogP contribution in [0.3, 0.4) is 0 Å². The summed E-state index contributed by atoms with van der Waals surface area (Å²) < 4.78 is 16.8. The Morgan fingerprint density at radius 3 is 2.83 bits per heavy atom. The highest BCUT2D eigenvalue weighted by Gasteiger charge is 2.33. The van der Waals surface area contributed by atoms with Crippen molar-refractivity contribution < 1.29 is 24.1 Å². The fourth-order valence-corrected chi connectivity index (χ4v) is 4.86. The van der Waals surface area contributed by atoms with Crippen LogP contribution in [0.4, 0.5) is 0 Å². The Hall–Kier alpha value is -3.84. The molecule has 1 aromatic heterocycles. The van der Waals surface area contributed by atoms with E-state index in [4.69, 9.17) is 14.2 Å². The highest BCUT2D eigenvalue weighted by Crippen LogP contribution is 2.42. The smallest absolute Gasteiger partial charge is 0.231 e. The summed E-state index contributed by atoms with van der Waals surface area (Å²) in [5, 5.41) is 10.8. The maximum Gasteiger partial charge on any atom is 0.231 e. The van der Waals surface area contributed by atoms with E-state index >= 15 is 0 Å². The van der Waals surface area contributed by atoms with Crippen LogP contribution < -0.4 is 14.2 Å². The zero-order chi connectivity index (χ0) is 24.4. The van der Waals surface area contributed by atoms with Crippen molar-refractivity contribution >= 4 is 11.9 Å². The molecule has 1 N–H and O–H groups in total. The van der Waals surface area contributed by atoms with Crippen molar-refractivity contribution in [1.29, 1.82) is 0 Å². The van der Waals surface area contributed by atoms with E-state index in [2.05, 4.69) is 16.0 Å². The molecule has 180 valence electrons. The number of aromatic hydroxyl groups is 1. The summed E-state index contributed by atoms with van der Waals surface area (Å²) in [5.74, 6) is 1.74. The molecule has 0 unspecified atom stereocenters. The van der Waals surface area contributed by atoms with Gasteiger partial charge in [-0.25, -0.2) is 0 Å². The van der Waals surface area contributed by atoms with Gasteiger partial charge in [-0.3, -0.25) is 14.7 Å². The van der Waals surface area contributed by atoms with Gasteiger partial charge in [-0.2, -0.15) is 0 Å². The highest BCUT2D eigenvalue weighted by molar-refractivity contribution is 6.15. The molecule has 7 nitrogen and oxygen atoms in total. The number of carbonyl (C=O) groups is 1. The monoisotopic (exact) mass is 472 g/mol. The molecule has 5 rings (SSSR count). The van der Waals surface area contributed by atoms with Gasteiger partial charge in [-0.15, -0.1) is 0 Å². The van der Waals surface area contributed by atoms with Crippen LogP contribution in [0.15, 0.2) is 60.6 Å². The standard InChI is InChI=1S/C28H28N2O5/c1-33-20-9-8-18(25(15-20)34-2)14-26-27(32)21-10-11-24(31)22(28(21)35-26)17-30-13-4-3-7-23(30)19-6-5-12-29-16-19/h5-6,8-12,14-16,23,31H,3-4,7,13,17H2,1-2H3/b26-14-/t23-/m0/s1. The Balaban J connectivity index is 1.46. The summed E-state index contributed by atoms with van der Waals surface area (Å²) in [6.07, 6.45) is 8.58. The van der Waals surface area contributed by atoms with Crippen LogP contribution in [0.5, 0.6) is 23.0 Å². The number of nitrogens with zero attached hydrogens (tertiary/aromatic N) is 2. The number of benzene rings is 2. The van der Waals surface area contributed by atoms with E-state index in [9.17, 15) is 9.90 Å². The fraction of sp³-hybridized carbons (Fsp3) is 0.286. The molecule has 0 amide bonds. The second-order valence-corrected chi connectivity index (χ2v) is 8.76. The third-order valence-corrected chi connectivity index (χ3v) is 6.69. The first-order chi connectivity index (χ1) is 17.1. The van der Waals surface area contributed by atoms with Crippen molar-refractivity contribution in [1.82, 2.24) is 9.88 Å². The van der Waals surface area contributed by atoms with Gasteiger partial charge in [-0.1, -0.05) is 12.5 Å². The van der Waals surface area contributed by atoms with Crippen LogP contribution in [0, 0.1) is 0 Å². The van der Waals surface area contributed by atoms with Crippen LogP contribution in [-0.4, -0.2) is 41.5 Å². The molecule has 35 heavy (non-hydrogen) atoms. The summed E-state index contributed by atoms with van der Waals surface area (Å²) in [5.41, 5.74) is 2.93. The molecule has 2 aliphatic rings. The van der Waals surface area contributed by atoms with Gasteiger partial charge in [-0.05, 0) is 61.4 Å². The predicted molar refractivity (Wildman–Crippen MR) is 132 cm³/mol. The van der Waals surface area contributed by atoms with Crippen molar-refractivity contribution in [3.8, 4) is 23.0 Å². The van der Waals surface area contributed by atoms with Gasteiger partial charge < -0.3 is 19.3 Å². The number of methoxy groups -OCH3 is 2. The summed E-state index contributed by atoms with van der Waals surface area (Å²) in [7, 11) is 3.15. The number of ether oxygens (including phenoxy) is 3. The number of carbonyl (C=O) groups excluding carboxylic acids is 1. The molecular formula is C28H28N2O5. The quantitative estimate of drug-likeness (QED) is 0.497. The summed E-state index contributed by atoms with van der Waals surface area (Å²) in [4.78, 5) is 19.8. The maximum absolute atomic E-state index is 13.2. The fourth-order valence-electron chi connectivity index (χ4n) is 4.86. The van der Waals surface area contributed by atoms with Crippen LogP contribution in [0.25, 0.3) is 6.08 Å². The number of pyridine rings is 1. The van der Waals surface area contributed by atoms with E-state index in [1.807, 2.05) is 18.3 Å². The largest absolute Gasteiger partial charge is 0.507 e. The Bertz CT molecular complexity index is 1270. The van der Waals surface area contributed by atoms with Crippen molar-refractivity contribution in [2.45, 2.75) is 31.8 Å². The number of allylic oxidation sites excluding steroid dienone is 1. The second kappa shape index (κ2) is 9.80. The molecule has 0 saturated carbocycles. The molecule has 2 aliphatic heterocycles. The molecule has 3 heterocycles. The van der Waals surface area contributed by atoms with Gasteiger partial charge >= 0.3 is 0 Å². The first-order valence-corrected chi connectivity index (χ1v) is 11.7. The average molecular weight is 473 g/mol. The van der Waals surface area contributed by atoms with Crippen molar-refractivity contribution in [2.24, 2.45) is 0 Å². The number of ketones is 1. The minimum atomic E-state index is -0.221. The molecule has 0 radical (unpaired) electrons. The number of aromatic nitrogens is 1. The Kier molecular flexibility index (Phi) is 6.42. The number of piperidine rings is 1. The number of phenols is 1. The van der Waals surface area contributed by atoms with E-state index in [0.717, 1.165) is 31.4 Å². The first kappa shape index (κ1) is 22.9. The lowest BCUT2D eigenvalue weighted by atomic mass is 9.95. The van der Waals surface area contributed by atoms with E-state index in [-0.39, 0.29) is 23.3 Å². The zero-order valence-corrected chi connectivity index (χ0v) is 19.9. The van der Waals surface area contributed by atoms with E-state index in [1.165, 1.54) is 0 Å². The van der Waals surface area contributed by atoms with Gasteiger partial charge in [0.25, 0.3) is 0 Å². The Labute approximate surface area is 204 Å². The number of fused-ring (bicyclic) bond motifs is 1. The van der Waals surface area contributed by atoms with Crippen LogP contribution in [-0.2, 0) is 6.54 Å². The minimum Gasteiger partial charge on any atom is -0.507 e. The first-order valence-electron chi connectivity index (χ1n) is 11.7. The third kappa shape index (κ3) is 4.47. The summed E-state index contributed by atoms with van der Waals surface area (Å²) in [6, 6.07) is 12.8. The van der Waals surface area contributed by atoms with Crippen molar-refractivity contribution in [3.05, 3.63) is 82.9 Å². The van der Waals surface area contributed by atoms with Gasteiger partial charge in [0.15, 0.2) is 5.76 Å². The van der Waals surface area contributed by atoms with Gasteiger partial charge in [0.1, 0.15) is 23.0 Å². The van der Waals surface area contributed by atoms with E-state index in [1.54, 1.807) is 50.8 Å². The SMILES string of the molecule is COc1ccc(/C=C2\Oc3c(ccc(O)c3CN3CCCC[C@H]3c3cccnc3)C2=O)c(OC)c1. The average Bonchev–Trinajstić information content (AvgIpc) is 3.21. The van der Waals surface area contributed by atoms with E-state index in [0.29, 0.717) is 40.5 Å². The summed E-state index contributed by atoms with van der Waals surface area (Å²) >= 11 is 0. The molecule has 7 heteroatoms. The Morgan fingerprint density at radius 1 is 1.17 bits per heavy atom. The minimum absolute atomic E-state index is 0.121. The summed E-state index contributed by atoms with van der Waals surface area (Å²) in [6.45, 7) is 1.36. The van der Waals surface area contributed by atoms with Gasteiger partial charge in [0, 0.05) is 36.6 Å². The van der Waals surface area contributed by atoms with Crippen LogP contribution in [0.2, 0.25) is 0 Å². The van der Waals surface area contributed by atoms with Gasteiger partial charge in [0.05, 0.1) is 25.3 Å². The van der Waals surface area contributed by atoms with E-state index < -0.39 is 0 Å². The number of likely N-dealkylation sites (tertiary alicyclic amines) is 1. The zero-order valence-electron chi connectivity index (χ0n) is 19.9. The number of Topliss-reactive ketones (excluding diaryl/α,β-unsaturated/α-hetero) is 1. The number of hydrogen-bond donors (Lipinski definition) is 1. The normalized spacial score (nSPS) is 18.9. The lowest BCUT2D eigenvalue weighted by Crippen LogP contribution is -2.33. The molecule has 0 spiro atoms. The molecular weight excluding hydrogens is 444 g/mol.